The van der Waals surface area contributed by atoms with Crippen LogP contribution in [0, 0.1) is 11.8 Å². The molecule has 1 aromatic carbocycles. The molecular weight excluding hydrogens is 528 g/mol. The van der Waals surface area contributed by atoms with Crippen molar-refractivity contribution < 1.29 is 41.9 Å². The Balaban J connectivity index is 1.86. The van der Waals surface area contributed by atoms with E-state index in [0.29, 0.717) is 4.57 Å². The molecule has 38 heavy (non-hydrogen) atoms. The molecule has 0 aliphatic carbocycles. The number of aromatic nitrogens is 3. The van der Waals surface area contributed by atoms with E-state index in [1.165, 1.54) is 26.0 Å². The summed E-state index contributed by atoms with van der Waals surface area (Å²) in [5.41, 5.74) is -4.90. The lowest BCUT2D eigenvalue weighted by Crippen LogP contribution is -2.45. The zero-order chi connectivity index (χ0) is 28.1. The number of phosphoric acid groups is 1. The lowest BCUT2D eigenvalue weighted by molar-refractivity contribution is -0.156. The second-order valence-electron chi connectivity index (χ2n) is 8.38. The van der Waals surface area contributed by atoms with Crippen LogP contribution in [0.3, 0.4) is 0 Å². The number of aliphatic hydroxyl groups is 1. The molecule has 15 heteroatoms. The summed E-state index contributed by atoms with van der Waals surface area (Å²) in [6.45, 7) is 5.02. The summed E-state index contributed by atoms with van der Waals surface area (Å²) >= 11 is 0. The van der Waals surface area contributed by atoms with Gasteiger partial charge in [0.25, 0.3) is 0 Å². The highest BCUT2D eigenvalue weighted by Crippen LogP contribution is 2.52. The minimum Gasteiger partial charge on any atom is -0.461 e. The van der Waals surface area contributed by atoms with Crippen molar-refractivity contribution in [1.29, 1.82) is 0 Å². The molecule has 0 bridgehead atoms. The number of aliphatic hydroxyl groups excluding tert-OH is 1. The van der Waals surface area contributed by atoms with Crippen molar-refractivity contribution in [2.75, 3.05) is 6.61 Å². The Bertz CT molecular complexity index is 1350. The molecule has 1 aliphatic heterocycles. The third-order valence-corrected chi connectivity index (χ3v) is 6.57. The topological polar surface area (TPSA) is 168 Å². The summed E-state index contributed by atoms with van der Waals surface area (Å²) in [6.07, 6.45) is -6.57. The third kappa shape index (κ3) is 6.75. The molecular formula is C23H27FN3O10P. The summed E-state index contributed by atoms with van der Waals surface area (Å²) < 4.78 is 56.7. The summed E-state index contributed by atoms with van der Waals surface area (Å²) in [6, 6.07) is 7.75. The van der Waals surface area contributed by atoms with Crippen LogP contribution in [0.4, 0.5) is 4.39 Å². The van der Waals surface area contributed by atoms with Crippen LogP contribution >= 0.6 is 7.82 Å². The largest absolute Gasteiger partial charge is 0.530 e. The Kier molecular flexibility index (Phi) is 9.24. The predicted molar refractivity (Wildman–Crippen MR) is 129 cm³/mol. The van der Waals surface area contributed by atoms with Crippen LogP contribution < -0.4 is 15.9 Å². The van der Waals surface area contributed by atoms with Crippen molar-refractivity contribution in [3.05, 3.63) is 57.6 Å². The van der Waals surface area contributed by atoms with Crippen molar-refractivity contribution >= 4 is 13.8 Å². The van der Waals surface area contributed by atoms with Gasteiger partial charge in [0.2, 0.25) is 5.67 Å². The number of esters is 1. The monoisotopic (exact) mass is 555 g/mol. The average molecular weight is 555 g/mol. The fraction of sp³-hybridized carbons (Fsp3) is 0.478. The maximum absolute atomic E-state index is 15.9. The molecule has 6 atom stereocenters. The van der Waals surface area contributed by atoms with Crippen molar-refractivity contribution in [1.82, 2.24) is 14.5 Å². The van der Waals surface area contributed by atoms with Crippen LogP contribution in [0.15, 0.2) is 46.2 Å². The highest BCUT2D eigenvalue weighted by molar-refractivity contribution is 7.49. The van der Waals surface area contributed by atoms with Crippen LogP contribution in [0.1, 0.15) is 33.9 Å². The smallest absolute Gasteiger partial charge is 0.461 e. The van der Waals surface area contributed by atoms with Crippen molar-refractivity contribution in [3.63, 3.8) is 0 Å². The maximum Gasteiger partial charge on any atom is 0.530 e. The van der Waals surface area contributed by atoms with E-state index in [2.05, 4.69) is 16.8 Å². The number of halogens is 1. The van der Waals surface area contributed by atoms with Crippen LogP contribution in [-0.4, -0.2) is 62.3 Å². The number of ether oxygens (including phenoxy) is 2. The molecule has 13 nitrogen and oxygen atoms in total. The van der Waals surface area contributed by atoms with Crippen molar-refractivity contribution in [2.24, 2.45) is 0 Å². The molecule has 2 aromatic rings. The molecule has 2 N–H and O–H groups in total. The molecule has 2 unspecified atom stereocenters. The number of phosphoric ester groups is 1. The van der Waals surface area contributed by atoms with Crippen LogP contribution in [-0.2, 0) is 27.9 Å². The van der Waals surface area contributed by atoms with Gasteiger partial charge in [-0.15, -0.1) is 5.92 Å². The Morgan fingerprint density at radius 1 is 1.32 bits per heavy atom. The number of aromatic amines is 1. The second kappa shape index (κ2) is 12.0. The molecule has 1 aliphatic rings. The number of para-hydroxylation sites is 1. The summed E-state index contributed by atoms with van der Waals surface area (Å²) in [4.78, 5) is 41.0. The number of alkyl halides is 1. The molecule has 1 aromatic heterocycles. The Labute approximate surface area is 216 Å². The zero-order valence-corrected chi connectivity index (χ0v) is 21.8. The molecule has 2 heterocycles. The first-order valence-corrected chi connectivity index (χ1v) is 12.9. The number of nitrogens with zero attached hydrogens (tertiary/aromatic N) is 2. The van der Waals surface area contributed by atoms with Gasteiger partial charge in [0, 0.05) is 0 Å². The van der Waals surface area contributed by atoms with Gasteiger partial charge in [0.1, 0.15) is 24.3 Å². The number of carbonyl (C=O) groups excluding carboxylic acids is 1. The van der Waals surface area contributed by atoms with E-state index in [-0.39, 0.29) is 5.75 Å². The number of nitrogens with one attached hydrogen (secondary N) is 1. The lowest BCUT2D eigenvalue weighted by atomic mass is 9.96. The minimum atomic E-state index is -4.62. The van der Waals surface area contributed by atoms with Gasteiger partial charge in [-0.2, -0.15) is 4.98 Å². The first-order chi connectivity index (χ1) is 17.9. The van der Waals surface area contributed by atoms with Crippen LogP contribution in [0.2, 0.25) is 0 Å². The molecule has 0 saturated carbocycles. The number of rotatable bonds is 10. The Hall–Kier alpha value is -3.34. The second-order valence-corrected chi connectivity index (χ2v) is 9.93. The van der Waals surface area contributed by atoms with Gasteiger partial charge in [-0.3, -0.25) is 18.6 Å². The summed E-state index contributed by atoms with van der Waals surface area (Å²) in [7, 11) is -4.62. The van der Waals surface area contributed by atoms with Crippen LogP contribution in [0.25, 0.3) is 0 Å². The highest BCUT2D eigenvalue weighted by Gasteiger charge is 2.58. The van der Waals surface area contributed by atoms with E-state index >= 15 is 4.39 Å². The van der Waals surface area contributed by atoms with Gasteiger partial charge in [0.15, 0.2) is 12.3 Å². The fourth-order valence-electron chi connectivity index (χ4n) is 3.42. The molecule has 1 saturated heterocycles. The predicted octanol–water partition coefficient (Wildman–Crippen LogP) is 1.48. The van der Waals surface area contributed by atoms with E-state index in [4.69, 9.17) is 23.0 Å². The van der Waals surface area contributed by atoms with Crippen LogP contribution in [0.5, 0.6) is 5.75 Å². The van der Waals surface area contributed by atoms with E-state index < -0.39 is 68.1 Å². The lowest BCUT2D eigenvalue weighted by Gasteiger charge is -2.24. The third-order valence-electron chi connectivity index (χ3n) is 5.09. The Morgan fingerprint density at radius 3 is 2.61 bits per heavy atom. The normalized spacial score (nSPS) is 25.2. The first-order valence-electron chi connectivity index (χ1n) is 11.4. The van der Waals surface area contributed by atoms with Gasteiger partial charge in [-0.1, -0.05) is 24.1 Å². The Morgan fingerprint density at radius 2 is 2.00 bits per heavy atom. The fourth-order valence-corrected chi connectivity index (χ4v) is 4.76. The minimum absolute atomic E-state index is 0.0635. The van der Waals surface area contributed by atoms with E-state index in [9.17, 15) is 24.1 Å². The quantitative estimate of drug-likeness (QED) is 0.247. The van der Waals surface area contributed by atoms with E-state index in [1.54, 1.807) is 32.0 Å². The number of carbonyl (C=O) groups is 1. The van der Waals surface area contributed by atoms with Gasteiger partial charge < -0.3 is 19.1 Å². The van der Waals surface area contributed by atoms with Gasteiger partial charge >= 0.3 is 25.2 Å². The SMILES string of the molecule is CC#CC1(F)[C@@H](O)[C@@H](COP(=O)(Oc2ccccc2)O[C@@H](C)C(=O)OC(C)C)O[C@H]1n1cnc(=O)[nH]c1=O. The van der Waals surface area contributed by atoms with Gasteiger partial charge in [-0.25, -0.2) is 23.3 Å². The van der Waals surface area contributed by atoms with E-state index in [0.717, 1.165) is 6.33 Å². The molecule has 0 amide bonds. The summed E-state index contributed by atoms with van der Waals surface area (Å²) in [5, 5.41) is 10.7. The maximum atomic E-state index is 15.9. The first kappa shape index (κ1) is 29.2. The van der Waals surface area contributed by atoms with E-state index in [1.807, 2.05) is 4.98 Å². The molecule has 1 fully saturated rings. The number of hydrogen-bond donors (Lipinski definition) is 2. The van der Waals surface area contributed by atoms with Gasteiger partial charge in [0.05, 0.1) is 12.7 Å². The van der Waals surface area contributed by atoms with Gasteiger partial charge in [-0.05, 0) is 39.8 Å². The highest BCUT2D eigenvalue weighted by atomic mass is 31.2. The summed E-state index contributed by atoms with van der Waals surface area (Å²) in [5.74, 6) is 3.72. The standard InChI is InChI=1S/C23H27FN3O10P/c1-5-11-23(24)18(28)17(35-20(23)27-13-25-21(30)26-22(27)31)12-33-38(32,37-16-9-7-6-8-10-16)36-15(4)19(29)34-14(2)3/h6-10,13-15,17-18,20,28H,12H2,1-4H3,(H,26,30,31)/t15-,17+,18-,20+,23?,38?/m0/s1. The van der Waals surface area contributed by atoms with Crippen molar-refractivity contribution in [2.45, 2.75) is 64.0 Å². The molecule has 206 valence electrons. The van der Waals surface area contributed by atoms with Crippen molar-refractivity contribution in [3.8, 4) is 17.6 Å². The molecule has 0 spiro atoms. The number of hydrogen-bond acceptors (Lipinski definition) is 11. The molecule has 0 radical (unpaired) electrons. The average Bonchev–Trinajstić information content (AvgIpc) is 3.08. The zero-order valence-electron chi connectivity index (χ0n) is 20.9. The molecule has 3 rings (SSSR count). The number of benzene rings is 1. The number of H-pyrrole nitrogens is 1.